The van der Waals surface area contributed by atoms with Crippen molar-refractivity contribution in [3.05, 3.63) is 0 Å². The average molecular weight is 338 g/mol. The fourth-order valence-corrected chi connectivity index (χ4v) is 0. The first-order chi connectivity index (χ1) is 2.00. The summed E-state index contributed by atoms with van der Waals surface area (Å²) in [5.74, 6) is 0. The topological polar surface area (TPSA) is 74.6 Å². The number of hydrogen-bond donors (Lipinski definition) is 2. The van der Waals surface area contributed by atoms with Crippen LogP contribution in [0, 0.1) is 40.4 Å². The molecule has 0 aromatic rings. The molecule has 0 unspecified atom stereocenters. The summed E-state index contributed by atoms with van der Waals surface area (Å²) in [6, 6.07) is 0. The monoisotopic (exact) mass is 340 g/mol. The van der Waals surface area contributed by atoms with Gasteiger partial charge in [0.25, 0.3) is 0 Å². The molecule has 0 saturated heterocycles. The SMILES string of the molecule is O=S(=O)(O)O.[H-].[H-].[Sm].[Sr+2]. The van der Waals surface area contributed by atoms with E-state index in [0.717, 1.165) is 0 Å². The van der Waals surface area contributed by atoms with Gasteiger partial charge in [0.2, 0.25) is 0 Å². The Bertz CT molecular complexity index is 102. The van der Waals surface area contributed by atoms with E-state index in [0.29, 0.717) is 0 Å². The van der Waals surface area contributed by atoms with Crippen molar-refractivity contribution in [3.8, 4) is 0 Å². The summed E-state index contributed by atoms with van der Waals surface area (Å²) < 4.78 is 31.6. The van der Waals surface area contributed by atoms with Crippen LogP contribution in [0.3, 0.4) is 0 Å². The summed E-state index contributed by atoms with van der Waals surface area (Å²) in [5.41, 5.74) is 0. The van der Waals surface area contributed by atoms with Gasteiger partial charge in [-0.15, -0.1) is 0 Å². The van der Waals surface area contributed by atoms with Gasteiger partial charge in [-0.1, -0.05) is 0 Å². The predicted octanol–water partition coefficient (Wildman–Crippen LogP) is -0.809. The van der Waals surface area contributed by atoms with Crippen LogP contribution in [0.4, 0.5) is 0 Å². The summed E-state index contributed by atoms with van der Waals surface area (Å²) in [6.07, 6.45) is 0. The fourth-order valence-electron chi connectivity index (χ4n) is 0. The van der Waals surface area contributed by atoms with E-state index >= 15 is 0 Å². The third-order valence-corrected chi connectivity index (χ3v) is 0. The minimum atomic E-state index is -4.67. The molecule has 0 aliphatic carbocycles. The van der Waals surface area contributed by atoms with Crippen molar-refractivity contribution in [2.75, 3.05) is 0 Å². The molecular weight excluding hydrogens is 334 g/mol. The molecule has 0 aliphatic heterocycles. The van der Waals surface area contributed by atoms with E-state index in [2.05, 4.69) is 0 Å². The number of rotatable bonds is 0. The maximum absolute atomic E-state index is 8.74. The Labute approximate surface area is 114 Å². The molecule has 42 valence electrons. The van der Waals surface area contributed by atoms with Crippen molar-refractivity contribution in [2.45, 2.75) is 0 Å². The molecule has 0 amide bonds. The minimum absolute atomic E-state index is 0. The first-order valence-electron chi connectivity index (χ1n) is 0.698. The first-order valence-corrected chi connectivity index (χ1v) is 2.10. The van der Waals surface area contributed by atoms with Crippen LogP contribution in [0.5, 0.6) is 0 Å². The van der Waals surface area contributed by atoms with Crippen LogP contribution >= 0.6 is 0 Å². The van der Waals surface area contributed by atoms with Crippen molar-refractivity contribution in [3.63, 3.8) is 0 Å². The van der Waals surface area contributed by atoms with Gasteiger partial charge >= 0.3 is 55.9 Å². The molecule has 4 nitrogen and oxygen atoms in total. The molecule has 2 N–H and O–H groups in total. The third kappa shape index (κ3) is 53.8. The van der Waals surface area contributed by atoms with Crippen molar-refractivity contribution in [2.24, 2.45) is 0 Å². The van der Waals surface area contributed by atoms with Gasteiger partial charge in [-0.2, -0.15) is 8.42 Å². The van der Waals surface area contributed by atoms with Crippen molar-refractivity contribution >= 4 is 55.9 Å². The fraction of sp³-hybridized carbons (Fsp3) is 0. The quantitative estimate of drug-likeness (QED) is 0.448. The molecule has 0 heterocycles. The first kappa shape index (κ1) is 16.3. The van der Waals surface area contributed by atoms with Crippen molar-refractivity contribution in [1.82, 2.24) is 0 Å². The maximum Gasteiger partial charge on any atom is 2.00 e. The molecule has 0 bridgehead atoms. The Balaban J connectivity index is -0.0000000133. The molecule has 0 atom stereocenters. The van der Waals surface area contributed by atoms with Gasteiger partial charge in [-0.25, -0.2) is 0 Å². The van der Waals surface area contributed by atoms with Gasteiger partial charge in [-0.3, -0.25) is 9.11 Å². The summed E-state index contributed by atoms with van der Waals surface area (Å²) in [6.45, 7) is 0. The molecule has 0 spiro atoms. The van der Waals surface area contributed by atoms with E-state index in [1.165, 1.54) is 0 Å². The smallest absolute Gasteiger partial charge is 1.00 e. The molecule has 0 fully saturated rings. The zero-order chi connectivity index (χ0) is 4.50. The zero-order valence-electron chi connectivity index (χ0n) is 5.23. The van der Waals surface area contributed by atoms with Crippen LogP contribution in [0.2, 0.25) is 0 Å². The van der Waals surface area contributed by atoms with E-state index in [1.807, 2.05) is 0 Å². The van der Waals surface area contributed by atoms with E-state index in [1.54, 1.807) is 0 Å². The predicted molar refractivity (Wildman–Crippen MR) is 22.2 cm³/mol. The molecular formula is H4O4SSmSr. The molecule has 0 aromatic heterocycles. The van der Waals surface area contributed by atoms with Gasteiger partial charge in [0.1, 0.15) is 0 Å². The van der Waals surface area contributed by atoms with Crippen molar-refractivity contribution < 1.29 is 60.8 Å². The molecule has 7 heteroatoms. The Morgan fingerprint density at radius 3 is 1.29 bits per heavy atom. The van der Waals surface area contributed by atoms with Gasteiger partial charge < -0.3 is 2.85 Å². The van der Waals surface area contributed by atoms with Crippen LogP contribution in [-0.2, 0) is 10.4 Å². The summed E-state index contributed by atoms with van der Waals surface area (Å²) in [5, 5.41) is 0. The maximum atomic E-state index is 8.74. The van der Waals surface area contributed by atoms with Gasteiger partial charge in [0.15, 0.2) is 0 Å². The van der Waals surface area contributed by atoms with Gasteiger partial charge in [0, 0.05) is 40.4 Å². The van der Waals surface area contributed by atoms with Crippen LogP contribution in [0.25, 0.3) is 0 Å². The summed E-state index contributed by atoms with van der Waals surface area (Å²) in [7, 11) is -4.67. The molecule has 0 saturated carbocycles. The van der Waals surface area contributed by atoms with E-state index in [-0.39, 0.29) is 88.7 Å². The van der Waals surface area contributed by atoms with Crippen LogP contribution < -0.4 is 0 Å². The van der Waals surface area contributed by atoms with E-state index in [9.17, 15) is 0 Å². The largest absolute Gasteiger partial charge is 2.00 e. The van der Waals surface area contributed by atoms with Gasteiger partial charge in [-0.05, 0) is 0 Å². The van der Waals surface area contributed by atoms with E-state index in [4.69, 9.17) is 17.5 Å². The Morgan fingerprint density at radius 1 is 1.29 bits per heavy atom. The van der Waals surface area contributed by atoms with Crippen LogP contribution in [-0.4, -0.2) is 63.0 Å². The van der Waals surface area contributed by atoms with E-state index < -0.39 is 10.4 Å². The second-order valence-corrected chi connectivity index (χ2v) is 1.34. The summed E-state index contributed by atoms with van der Waals surface area (Å²) in [4.78, 5) is 0. The summed E-state index contributed by atoms with van der Waals surface area (Å²) >= 11 is 0. The normalized spacial score (nSPS) is 8.29. The molecule has 0 aliphatic rings. The Morgan fingerprint density at radius 2 is 1.29 bits per heavy atom. The van der Waals surface area contributed by atoms with Crippen molar-refractivity contribution in [1.29, 1.82) is 0 Å². The third-order valence-electron chi connectivity index (χ3n) is 0. The average Bonchev–Trinajstić information content (AvgIpc) is 0.722. The minimum Gasteiger partial charge on any atom is -1.00 e. The van der Waals surface area contributed by atoms with Crippen LogP contribution in [0.15, 0.2) is 0 Å². The molecule has 0 radical (unpaired) electrons. The second kappa shape index (κ2) is 6.80. The number of hydrogen-bond acceptors (Lipinski definition) is 2. The standard InChI is InChI=1S/H2O4S.Sm.Sr.2H/c1-5(2,3)4;;;;/h(H2,1,2,3,4);;;;/q;;+2;2*-1. The molecule has 7 heavy (non-hydrogen) atoms. The van der Waals surface area contributed by atoms with Crippen LogP contribution in [0.1, 0.15) is 2.85 Å². The Kier molecular flexibility index (Phi) is 15.9. The molecule has 0 aromatic carbocycles. The molecule has 0 rings (SSSR count). The van der Waals surface area contributed by atoms with Gasteiger partial charge in [0.05, 0.1) is 0 Å². The second-order valence-electron chi connectivity index (χ2n) is 0.448. The Hall–Kier alpha value is 2.69. The zero-order valence-corrected chi connectivity index (χ0v) is 10.1.